The summed E-state index contributed by atoms with van der Waals surface area (Å²) in [5, 5.41) is 15.0. The Labute approximate surface area is 128 Å². The molecular weight excluding hydrogens is 264 g/mol. The minimum absolute atomic E-state index is 0.0124. The fourth-order valence-corrected chi connectivity index (χ4v) is 2.06. The van der Waals surface area contributed by atoms with E-state index in [1.165, 1.54) is 0 Å². The van der Waals surface area contributed by atoms with Crippen molar-refractivity contribution in [1.29, 1.82) is 0 Å². The molecule has 1 rings (SSSR count). The molecule has 118 valence electrons. The normalized spacial score (nSPS) is 12.8. The molecule has 3 N–H and O–H groups in total. The number of carbonyl (C=O) groups is 1. The molecule has 1 atom stereocenters. The average Bonchev–Trinajstić information content (AvgIpc) is 2.42. The molecule has 1 unspecified atom stereocenters. The van der Waals surface area contributed by atoms with E-state index in [0.717, 1.165) is 24.0 Å². The number of carbonyl (C=O) groups excluding carboxylic acids is 1. The van der Waals surface area contributed by atoms with Crippen molar-refractivity contribution in [1.82, 2.24) is 10.6 Å². The van der Waals surface area contributed by atoms with E-state index in [4.69, 9.17) is 0 Å². The topological polar surface area (TPSA) is 61.4 Å². The molecule has 4 heteroatoms. The second kappa shape index (κ2) is 8.03. The van der Waals surface area contributed by atoms with Crippen LogP contribution in [0.2, 0.25) is 0 Å². The highest BCUT2D eigenvalue weighted by Crippen LogP contribution is 2.21. The van der Waals surface area contributed by atoms with Crippen LogP contribution in [-0.2, 0) is 13.2 Å². The lowest BCUT2D eigenvalue weighted by Crippen LogP contribution is -2.40. The van der Waals surface area contributed by atoms with E-state index < -0.39 is 0 Å². The minimum Gasteiger partial charge on any atom is -0.392 e. The Balaban J connectivity index is 2.37. The number of hydrogen-bond donors (Lipinski definition) is 3. The van der Waals surface area contributed by atoms with Crippen LogP contribution in [0.25, 0.3) is 0 Å². The summed E-state index contributed by atoms with van der Waals surface area (Å²) in [6.45, 7) is 9.03. The van der Waals surface area contributed by atoms with Gasteiger partial charge in [0.15, 0.2) is 0 Å². The lowest BCUT2D eigenvalue weighted by atomic mass is 9.89. The Bertz CT molecular complexity index is 452. The summed E-state index contributed by atoms with van der Waals surface area (Å²) < 4.78 is 0. The number of aliphatic hydroxyl groups is 1. The van der Waals surface area contributed by atoms with Crippen molar-refractivity contribution >= 4 is 6.03 Å². The van der Waals surface area contributed by atoms with Crippen molar-refractivity contribution < 1.29 is 9.90 Å². The number of nitrogens with one attached hydrogen (secondary N) is 2. The predicted octanol–water partition coefficient (Wildman–Crippen LogP) is 3.19. The van der Waals surface area contributed by atoms with Gasteiger partial charge < -0.3 is 15.7 Å². The third-order valence-electron chi connectivity index (χ3n) is 3.43. The largest absolute Gasteiger partial charge is 0.392 e. The molecule has 0 aromatic heterocycles. The highest BCUT2D eigenvalue weighted by molar-refractivity contribution is 5.74. The van der Waals surface area contributed by atoms with E-state index in [1.807, 2.05) is 31.2 Å². The molecular formula is C17H28N2O2. The van der Waals surface area contributed by atoms with E-state index in [2.05, 4.69) is 31.4 Å². The first-order valence-electron chi connectivity index (χ1n) is 7.54. The van der Waals surface area contributed by atoms with Gasteiger partial charge in [-0.25, -0.2) is 4.79 Å². The van der Waals surface area contributed by atoms with Crippen LogP contribution < -0.4 is 10.6 Å². The molecule has 0 saturated carbocycles. The van der Waals surface area contributed by atoms with Crippen molar-refractivity contribution in [2.24, 2.45) is 5.41 Å². The van der Waals surface area contributed by atoms with Gasteiger partial charge in [0.25, 0.3) is 0 Å². The maximum atomic E-state index is 11.9. The average molecular weight is 292 g/mol. The summed E-state index contributed by atoms with van der Waals surface area (Å²) >= 11 is 0. The number of amides is 2. The molecule has 21 heavy (non-hydrogen) atoms. The Morgan fingerprint density at radius 2 is 1.86 bits per heavy atom. The van der Waals surface area contributed by atoms with Crippen LogP contribution in [0, 0.1) is 5.41 Å². The number of aliphatic hydroxyl groups excluding tert-OH is 1. The van der Waals surface area contributed by atoms with Crippen LogP contribution in [-0.4, -0.2) is 17.2 Å². The molecule has 4 nitrogen and oxygen atoms in total. The number of urea groups is 1. The summed E-state index contributed by atoms with van der Waals surface area (Å²) in [4.78, 5) is 11.9. The first-order valence-corrected chi connectivity index (χ1v) is 7.54. The van der Waals surface area contributed by atoms with Gasteiger partial charge in [0.05, 0.1) is 6.61 Å². The molecule has 1 aromatic carbocycles. The zero-order chi connectivity index (χ0) is 15.9. The van der Waals surface area contributed by atoms with Crippen molar-refractivity contribution in [2.75, 3.05) is 0 Å². The number of rotatable bonds is 6. The van der Waals surface area contributed by atoms with Gasteiger partial charge in [0.1, 0.15) is 0 Å². The molecule has 0 heterocycles. The Morgan fingerprint density at radius 1 is 1.24 bits per heavy atom. The molecule has 0 fully saturated rings. The van der Waals surface area contributed by atoms with Crippen molar-refractivity contribution in [3.8, 4) is 0 Å². The Morgan fingerprint density at radius 3 is 2.43 bits per heavy atom. The van der Waals surface area contributed by atoms with E-state index >= 15 is 0 Å². The van der Waals surface area contributed by atoms with Gasteiger partial charge in [-0.1, -0.05) is 45.0 Å². The van der Waals surface area contributed by atoms with Crippen molar-refractivity contribution in [3.05, 3.63) is 35.4 Å². The lowest BCUT2D eigenvalue weighted by molar-refractivity contribution is 0.234. The first-order chi connectivity index (χ1) is 9.81. The zero-order valence-corrected chi connectivity index (χ0v) is 13.6. The van der Waals surface area contributed by atoms with Crippen LogP contribution in [0.4, 0.5) is 4.79 Å². The second-order valence-electron chi connectivity index (χ2n) is 6.75. The molecule has 0 bridgehead atoms. The molecule has 0 aliphatic carbocycles. The van der Waals surface area contributed by atoms with Gasteiger partial charge in [-0.3, -0.25) is 0 Å². The standard InChI is InChI=1S/C17H28N2O2/c1-13(9-10-17(2,3)4)19-16(21)18-11-14-7-5-6-8-15(14)12-20/h5-8,13,20H,9-12H2,1-4H3,(H2,18,19,21). The molecule has 0 saturated heterocycles. The molecule has 0 aliphatic heterocycles. The summed E-state index contributed by atoms with van der Waals surface area (Å²) in [5.41, 5.74) is 2.07. The summed E-state index contributed by atoms with van der Waals surface area (Å²) in [6.07, 6.45) is 2.03. The highest BCUT2D eigenvalue weighted by atomic mass is 16.3. The Hall–Kier alpha value is -1.55. The number of benzene rings is 1. The second-order valence-corrected chi connectivity index (χ2v) is 6.75. The van der Waals surface area contributed by atoms with E-state index in [-0.39, 0.29) is 24.1 Å². The van der Waals surface area contributed by atoms with Crippen LogP contribution in [0.5, 0.6) is 0 Å². The van der Waals surface area contributed by atoms with E-state index in [9.17, 15) is 9.90 Å². The van der Waals surface area contributed by atoms with Gasteiger partial charge in [-0.2, -0.15) is 0 Å². The maximum absolute atomic E-state index is 11.9. The third kappa shape index (κ3) is 7.14. The first kappa shape index (κ1) is 17.5. The molecule has 0 aliphatic rings. The van der Waals surface area contributed by atoms with Crippen molar-refractivity contribution in [3.63, 3.8) is 0 Å². The summed E-state index contributed by atoms with van der Waals surface area (Å²) in [6, 6.07) is 7.54. The van der Waals surface area contributed by atoms with Gasteiger partial charge in [0, 0.05) is 12.6 Å². The SMILES string of the molecule is CC(CCC(C)(C)C)NC(=O)NCc1ccccc1CO. The summed E-state index contributed by atoms with van der Waals surface area (Å²) in [7, 11) is 0. The van der Waals surface area contributed by atoms with Crippen LogP contribution in [0.1, 0.15) is 51.7 Å². The Kier molecular flexibility index (Phi) is 6.69. The van der Waals surface area contributed by atoms with Crippen LogP contribution >= 0.6 is 0 Å². The highest BCUT2D eigenvalue weighted by Gasteiger charge is 2.14. The quantitative estimate of drug-likeness (QED) is 0.754. The van der Waals surface area contributed by atoms with Gasteiger partial charge in [0.2, 0.25) is 0 Å². The molecule has 1 aromatic rings. The van der Waals surface area contributed by atoms with Gasteiger partial charge in [-0.05, 0) is 36.3 Å². The number of hydrogen-bond acceptors (Lipinski definition) is 2. The van der Waals surface area contributed by atoms with Gasteiger partial charge in [-0.15, -0.1) is 0 Å². The van der Waals surface area contributed by atoms with Crippen LogP contribution in [0.15, 0.2) is 24.3 Å². The monoisotopic (exact) mass is 292 g/mol. The van der Waals surface area contributed by atoms with Crippen molar-refractivity contribution in [2.45, 2.75) is 59.7 Å². The fourth-order valence-electron chi connectivity index (χ4n) is 2.06. The third-order valence-corrected chi connectivity index (χ3v) is 3.43. The van der Waals surface area contributed by atoms with E-state index in [0.29, 0.717) is 6.54 Å². The maximum Gasteiger partial charge on any atom is 0.315 e. The predicted molar refractivity (Wildman–Crippen MR) is 85.9 cm³/mol. The molecule has 0 radical (unpaired) electrons. The summed E-state index contributed by atoms with van der Waals surface area (Å²) in [5.74, 6) is 0. The lowest BCUT2D eigenvalue weighted by Gasteiger charge is -2.21. The smallest absolute Gasteiger partial charge is 0.315 e. The van der Waals surface area contributed by atoms with Crippen LogP contribution in [0.3, 0.4) is 0 Å². The fraction of sp³-hybridized carbons (Fsp3) is 0.588. The minimum atomic E-state index is -0.163. The zero-order valence-electron chi connectivity index (χ0n) is 13.6. The molecule has 0 spiro atoms. The van der Waals surface area contributed by atoms with E-state index in [1.54, 1.807) is 0 Å². The molecule has 2 amide bonds. The van der Waals surface area contributed by atoms with Gasteiger partial charge >= 0.3 is 6.03 Å².